The molecule has 0 aliphatic rings. The molecule has 0 spiro atoms. The number of benzene rings is 1. The van der Waals surface area contributed by atoms with Gasteiger partial charge >= 0.3 is 0 Å². The molecule has 0 amide bonds. The fourth-order valence-corrected chi connectivity index (χ4v) is 1.40. The Morgan fingerprint density at radius 2 is 2.33 bits per heavy atom. The zero-order valence-corrected chi connectivity index (χ0v) is 8.29. The number of methoxy groups -OCH3 is 1. The van der Waals surface area contributed by atoms with Crippen molar-refractivity contribution in [1.82, 2.24) is 4.98 Å². The maximum absolute atomic E-state index is 13.1. The van der Waals surface area contributed by atoms with Crippen LogP contribution in [0.3, 0.4) is 0 Å². The van der Waals surface area contributed by atoms with Crippen molar-refractivity contribution >= 4 is 11.1 Å². The van der Waals surface area contributed by atoms with Gasteiger partial charge in [0.05, 0.1) is 7.11 Å². The first kappa shape index (κ1) is 9.92. The topological polar surface area (TPSA) is 61.3 Å². The molecule has 0 unspecified atom stereocenters. The minimum Gasteiger partial charge on any atom is -0.493 e. The molecule has 2 rings (SSSR count). The SMILES string of the molecule is COc1cc(F)cc2nc(CCN)oc12. The summed E-state index contributed by atoms with van der Waals surface area (Å²) < 4.78 is 23.5. The van der Waals surface area contributed by atoms with Gasteiger partial charge in [0, 0.05) is 25.1 Å². The lowest BCUT2D eigenvalue weighted by atomic mass is 10.3. The summed E-state index contributed by atoms with van der Waals surface area (Å²) in [6.45, 7) is 0.442. The van der Waals surface area contributed by atoms with E-state index in [0.29, 0.717) is 35.7 Å². The third-order valence-corrected chi connectivity index (χ3v) is 2.04. The zero-order valence-electron chi connectivity index (χ0n) is 8.29. The summed E-state index contributed by atoms with van der Waals surface area (Å²) >= 11 is 0. The molecule has 0 aliphatic carbocycles. The van der Waals surface area contributed by atoms with Crippen LogP contribution in [0.2, 0.25) is 0 Å². The number of nitrogens with zero attached hydrogens (tertiary/aromatic N) is 1. The minimum absolute atomic E-state index is 0.348. The summed E-state index contributed by atoms with van der Waals surface area (Å²) in [6, 6.07) is 2.57. The van der Waals surface area contributed by atoms with Gasteiger partial charge < -0.3 is 14.9 Å². The summed E-state index contributed by atoms with van der Waals surface area (Å²) in [5.41, 5.74) is 6.29. The molecule has 0 aliphatic heterocycles. The van der Waals surface area contributed by atoms with Gasteiger partial charge in [-0.2, -0.15) is 0 Å². The van der Waals surface area contributed by atoms with Gasteiger partial charge in [-0.25, -0.2) is 9.37 Å². The van der Waals surface area contributed by atoms with Crippen LogP contribution in [0, 0.1) is 5.82 Å². The number of rotatable bonds is 3. The van der Waals surface area contributed by atoms with Crippen molar-refractivity contribution < 1.29 is 13.5 Å². The lowest BCUT2D eigenvalue weighted by molar-refractivity contribution is 0.404. The van der Waals surface area contributed by atoms with Gasteiger partial charge in [-0.1, -0.05) is 0 Å². The smallest absolute Gasteiger partial charge is 0.196 e. The molecule has 0 radical (unpaired) electrons. The quantitative estimate of drug-likeness (QED) is 0.833. The van der Waals surface area contributed by atoms with E-state index in [4.69, 9.17) is 14.9 Å². The first-order valence-electron chi connectivity index (χ1n) is 4.57. The first-order chi connectivity index (χ1) is 7.24. The predicted octanol–water partition coefficient (Wildman–Crippen LogP) is 1.48. The number of hydrogen-bond donors (Lipinski definition) is 1. The number of halogens is 1. The van der Waals surface area contributed by atoms with E-state index < -0.39 is 5.82 Å². The van der Waals surface area contributed by atoms with Gasteiger partial charge in [0.2, 0.25) is 0 Å². The molecule has 1 aromatic heterocycles. The van der Waals surface area contributed by atoms with Crippen LogP contribution in [0.15, 0.2) is 16.5 Å². The van der Waals surface area contributed by atoms with Crippen molar-refractivity contribution in [3.05, 3.63) is 23.8 Å². The van der Waals surface area contributed by atoms with E-state index in [-0.39, 0.29) is 0 Å². The Balaban J connectivity index is 2.58. The van der Waals surface area contributed by atoms with Gasteiger partial charge in [-0.3, -0.25) is 0 Å². The van der Waals surface area contributed by atoms with Crippen LogP contribution in [0.1, 0.15) is 5.89 Å². The summed E-state index contributed by atoms with van der Waals surface area (Å²) in [6.07, 6.45) is 0.527. The number of aromatic nitrogens is 1. The van der Waals surface area contributed by atoms with Crippen LogP contribution in [0.25, 0.3) is 11.1 Å². The van der Waals surface area contributed by atoms with E-state index >= 15 is 0 Å². The monoisotopic (exact) mass is 210 g/mol. The van der Waals surface area contributed by atoms with Crippen LogP contribution in [0.4, 0.5) is 4.39 Å². The predicted molar refractivity (Wildman–Crippen MR) is 53.3 cm³/mol. The number of oxazole rings is 1. The third kappa shape index (κ3) is 1.78. The van der Waals surface area contributed by atoms with E-state index in [1.54, 1.807) is 0 Å². The fourth-order valence-electron chi connectivity index (χ4n) is 1.40. The van der Waals surface area contributed by atoms with Crippen molar-refractivity contribution in [3.63, 3.8) is 0 Å². The van der Waals surface area contributed by atoms with Gasteiger partial charge in [0.25, 0.3) is 0 Å². The summed E-state index contributed by atoms with van der Waals surface area (Å²) in [7, 11) is 1.46. The average molecular weight is 210 g/mol. The average Bonchev–Trinajstić information content (AvgIpc) is 2.59. The van der Waals surface area contributed by atoms with Crippen molar-refractivity contribution in [1.29, 1.82) is 0 Å². The zero-order chi connectivity index (χ0) is 10.8. The lowest BCUT2D eigenvalue weighted by Gasteiger charge is -1.98. The molecule has 1 aromatic carbocycles. The fraction of sp³-hybridized carbons (Fsp3) is 0.300. The molecule has 0 atom stereocenters. The van der Waals surface area contributed by atoms with Crippen LogP contribution in [-0.2, 0) is 6.42 Å². The molecule has 2 N–H and O–H groups in total. The molecule has 0 fully saturated rings. The van der Waals surface area contributed by atoms with Crippen LogP contribution >= 0.6 is 0 Å². The molecule has 4 nitrogen and oxygen atoms in total. The Labute approximate surface area is 85.8 Å². The highest BCUT2D eigenvalue weighted by molar-refractivity contribution is 5.79. The number of ether oxygens (including phenoxy) is 1. The molecular weight excluding hydrogens is 199 g/mol. The number of fused-ring (bicyclic) bond motifs is 1. The third-order valence-electron chi connectivity index (χ3n) is 2.04. The van der Waals surface area contributed by atoms with Crippen LogP contribution in [0.5, 0.6) is 5.75 Å². The van der Waals surface area contributed by atoms with E-state index in [0.717, 1.165) is 0 Å². The molecule has 80 valence electrons. The second kappa shape index (κ2) is 3.86. The van der Waals surface area contributed by atoms with Crippen molar-refractivity contribution in [3.8, 4) is 5.75 Å². The van der Waals surface area contributed by atoms with E-state index in [2.05, 4.69) is 4.98 Å². The van der Waals surface area contributed by atoms with E-state index in [1.165, 1.54) is 19.2 Å². The van der Waals surface area contributed by atoms with Gasteiger partial charge in [-0.15, -0.1) is 0 Å². The van der Waals surface area contributed by atoms with Crippen molar-refractivity contribution in [2.45, 2.75) is 6.42 Å². The van der Waals surface area contributed by atoms with Crippen LogP contribution < -0.4 is 10.5 Å². The Morgan fingerprint density at radius 3 is 3.00 bits per heavy atom. The van der Waals surface area contributed by atoms with Gasteiger partial charge in [0.15, 0.2) is 17.2 Å². The van der Waals surface area contributed by atoms with Crippen LogP contribution in [-0.4, -0.2) is 18.6 Å². The van der Waals surface area contributed by atoms with Gasteiger partial charge in [-0.05, 0) is 0 Å². The first-order valence-corrected chi connectivity index (χ1v) is 4.57. The summed E-state index contributed by atoms with van der Waals surface area (Å²) in [4.78, 5) is 4.11. The highest BCUT2D eigenvalue weighted by Gasteiger charge is 2.12. The van der Waals surface area contributed by atoms with E-state index in [1.807, 2.05) is 0 Å². The molecular formula is C10H11FN2O2. The normalized spacial score (nSPS) is 10.9. The molecule has 5 heteroatoms. The Kier molecular flexibility index (Phi) is 2.55. The largest absolute Gasteiger partial charge is 0.493 e. The van der Waals surface area contributed by atoms with Crippen molar-refractivity contribution in [2.24, 2.45) is 5.73 Å². The molecule has 1 heterocycles. The summed E-state index contributed by atoms with van der Waals surface area (Å²) in [5.74, 6) is 0.448. The number of hydrogen-bond acceptors (Lipinski definition) is 4. The summed E-state index contributed by atoms with van der Waals surface area (Å²) in [5, 5.41) is 0. The second-order valence-corrected chi connectivity index (χ2v) is 3.10. The van der Waals surface area contributed by atoms with E-state index in [9.17, 15) is 4.39 Å². The Bertz CT molecular complexity index is 481. The number of nitrogens with two attached hydrogens (primary N) is 1. The Morgan fingerprint density at radius 1 is 1.53 bits per heavy atom. The molecule has 0 saturated heterocycles. The van der Waals surface area contributed by atoms with Gasteiger partial charge in [0.1, 0.15) is 11.3 Å². The standard InChI is InChI=1S/C10H11FN2O2/c1-14-8-5-6(11)4-7-10(8)15-9(13-7)2-3-12/h4-5H,2-3,12H2,1H3. The molecule has 0 saturated carbocycles. The maximum Gasteiger partial charge on any atom is 0.196 e. The second-order valence-electron chi connectivity index (χ2n) is 3.10. The lowest BCUT2D eigenvalue weighted by Crippen LogP contribution is -2.02. The highest BCUT2D eigenvalue weighted by atomic mass is 19.1. The molecule has 2 aromatic rings. The molecule has 0 bridgehead atoms. The minimum atomic E-state index is -0.396. The van der Waals surface area contributed by atoms with Crippen molar-refractivity contribution in [2.75, 3.05) is 13.7 Å². The molecule has 15 heavy (non-hydrogen) atoms. The highest BCUT2D eigenvalue weighted by Crippen LogP contribution is 2.27. The Hall–Kier alpha value is -1.62. The maximum atomic E-state index is 13.1.